The van der Waals surface area contributed by atoms with Crippen molar-refractivity contribution in [1.82, 2.24) is 0 Å². The third-order valence-electron chi connectivity index (χ3n) is 2.63. The Morgan fingerprint density at radius 3 is 2.79 bits per heavy atom. The Morgan fingerprint density at radius 1 is 1.42 bits per heavy atom. The molecule has 0 radical (unpaired) electrons. The summed E-state index contributed by atoms with van der Waals surface area (Å²) < 4.78 is 47.2. The standard InChI is InChI=1S/C11H11ClFNO3S2/c12-8-2-3-10-9(6-8)14(11(7-13)18-10)4-1-5-19(15,16)17/h2-3,6H,1,4-5,7H2. The Kier molecular flexibility index (Phi) is 4.39. The lowest BCUT2D eigenvalue weighted by Crippen LogP contribution is -2.36. The molecular weight excluding hydrogens is 313 g/mol. The van der Waals surface area contributed by atoms with Crippen molar-refractivity contribution in [2.45, 2.75) is 19.6 Å². The van der Waals surface area contributed by atoms with Gasteiger partial charge >= 0.3 is 0 Å². The van der Waals surface area contributed by atoms with Crippen LogP contribution in [0.4, 0.5) is 4.39 Å². The first kappa shape index (κ1) is 14.6. The van der Waals surface area contributed by atoms with Crippen LogP contribution in [0, 0.1) is 0 Å². The summed E-state index contributed by atoms with van der Waals surface area (Å²) in [6.07, 6.45) is 0.155. The predicted molar refractivity (Wildman–Crippen MR) is 71.0 cm³/mol. The number of alkyl halides is 1. The second kappa shape index (κ2) is 5.70. The second-order valence-corrected chi connectivity index (χ2v) is 7.08. The minimum absolute atomic E-state index is 0.155. The molecule has 2 rings (SSSR count). The number of aromatic nitrogens is 1. The fourth-order valence-corrected chi connectivity index (χ4v) is 3.52. The topological polar surface area (TPSA) is 61.1 Å². The molecule has 0 amide bonds. The summed E-state index contributed by atoms with van der Waals surface area (Å²) in [7, 11) is -4.24. The molecule has 0 N–H and O–H groups in total. The van der Waals surface area contributed by atoms with Crippen LogP contribution in [0.2, 0.25) is 5.02 Å². The van der Waals surface area contributed by atoms with Crippen LogP contribution in [0.1, 0.15) is 11.4 Å². The molecule has 2 aromatic rings. The maximum absolute atomic E-state index is 13.0. The fourth-order valence-electron chi connectivity index (χ4n) is 1.85. The van der Waals surface area contributed by atoms with Gasteiger partial charge in [0, 0.05) is 23.3 Å². The maximum atomic E-state index is 13.0. The van der Waals surface area contributed by atoms with Crippen molar-refractivity contribution >= 4 is 43.3 Å². The van der Waals surface area contributed by atoms with E-state index in [9.17, 15) is 17.4 Å². The number of halogens is 2. The van der Waals surface area contributed by atoms with Crippen molar-refractivity contribution in [3.05, 3.63) is 28.2 Å². The van der Waals surface area contributed by atoms with Crippen molar-refractivity contribution in [2.24, 2.45) is 0 Å². The third-order valence-corrected chi connectivity index (χ3v) is 4.79. The van der Waals surface area contributed by atoms with Gasteiger partial charge in [-0.2, -0.15) is 4.57 Å². The number of benzene rings is 1. The van der Waals surface area contributed by atoms with Crippen LogP contribution in [0.25, 0.3) is 10.2 Å². The van der Waals surface area contributed by atoms with E-state index in [-0.39, 0.29) is 13.0 Å². The number of thiazole rings is 1. The van der Waals surface area contributed by atoms with Crippen molar-refractivity contribution in [3.8, 4) is 0 Å². The first-order valence-corrected chi connectivity index (χ1v) is 8.28. The van der Waals surface area contributed by atoms with E-state index in [0.29, 0.717) is 10.0 Å². The Bertz CT molecular complexity index is 699. The molecule has 0 aliphatic carbocycles. The molecule has 1 aromatic carbocycles. The molecule has 0 saturated heterocycles. The molecule has 0 unspecified atom stereocenters. The molecule has 0 atom stereocenters. The number of hydrogen-bond acceptors (Lipinski definition) is 4. The van der Waals surface area contributed by atoms with Gasteiger partial charge in [-0.3, -0.25) is 0 Å². The van der Waals surface area contributed by atoms with Gasteiger partial charge in [0.05, 0.1) is 10.1 Å². The van der Waals surface area contributed by atoms with Crippen LogP contribution in [0.15, 0.2) is 18.2 Å². The van der Waals surface area contributed by atoms with Gasteiger partial charge in [-0.1, -0.05) is 22.9 Å². The van der Waals surface area contributed by atoms with Gasteiger partial charge in [-0.15, -0.1) is 0 Å². The Labute approximate surface area is 119 Å². The van der Waals surface area contributed by atoms with E-state index in [1.165, 1.54) is 11.3 Å². The van der Waals surface area contributed by atoms with Crippen LogP contribution >= 0.6 is 22.9 Å². The van der Waals surface area contributed by atoms with E-state index in [4.69, 9.17) is 11.6 Å². The Balaban J connectivity index is 2.32. The molecule has 8 heteroatoms. The summed E-state index contributed by atoms with van der Waals surface area (Å²) in [5.41, 5.74) is 0.758. The Hall–Kier alpha value is -0.760. The molecule has 0 fully saturated rings. The van der Waals surface area contributed by atoms with Gasteiger partial charge in [0.15, 0.2) is 13.2 Å². The SMILES string of the molecule is O=S(=O)([O-])CCC[n+]1c(CF)sc2ccc(Cl)cc21. The van der Waals surface area contributed by atoms with E-state index in [2.05, 4.69) is 0 Å². The largest absolute Gasteiger partial charge is 0.748 e. The van der Waals surface area contributed by atoms with Gasteiger partial charge in [0.1, 0.15) is 4.70 Å². The zero-order valence-corrected chi connectivity index (χ0v) is 12.2. The summed E-state index contributed by atoms with van der Waals surface area (Å²) in [6.45, 7) is -0.359. The van der Waals surface area contributed by atoms with E-state index >= 15 is 0 Å². The number of rotatable bonds is 5. The fraction of sp³-hybridized carbons (Fsp3) is 0.364. The zero-order chi connectivity index (χ0) is 14.0. The normalized spacial score (nSPS) is 12.2. The molecule has 1 aromatic heterocycles. The van der Waals surface area contributed by atoms with E-state index in [1.54, 1.807) is 22.8 Å². The number of nitrogens with zero attached hydrogens (tertiary/aromatic N) is 1. The van der Waals surface area contributed by atoms with Crippen molar-refractivity contribution < 1.29 is 21.9 Å². The van der Waals surface area contributed by atoms with E-state index < -0.39 is 22.5 Å². The minimum atomic E-state index is -4.24. The number of fused-ring (bicyclic) bond motifs is 1. The van der Waals surface area contributed by atoms with Gasteiger partial charge in [-0.05, 0) is 12.1 Å². The molecule has 0 aliphatic rings. The van der Waals surface area contributed by atoms with E-state index in [0.717, 1.165) is 10.2 Å². The highest BCUT2D eigenvalue weighted by Gasteiger charge is 2.20. The summed E-state index contributed by atoms with van der Waals surface area (Å²) in [6, 6.07) is 5.22. The van der Waals surface area contributed by atoms with E-state index in [1.807, 2.05) is 0 Å². The second-order valence-electron chi connectivity index (χ2n) is 4.01. The number of hydrogen-bond donors (Lipinski definition) is 0. The van der Waals surface area contributed by atoms with Crippen LogP contribution in [-0.2, 0) is 23.3 Å². The molecule has 0 spiro atoms. The van der Waals surface area contributed by atoms with Crippen LogP contribution in [0.5, 0.6) is 0 Å². The smallest absolute Gasteiger partial charge is 0.269 e. The van der Waals surface area contributed by atoms with Crippen LogP contribution < -0.4 is 4.57 Å². The van der Waals surface area contributed by atoms with Crippen LogP contribution in [-0.4, -0.2) is 18.7 Å². The first-order valence-electron chi connectivity index (χ1n) is 5.51. The molecule has 19 heavy (non-hydrogen) atoms. The average Bonchev–Trinajstić information content (AvgIpc) is 2.65. The van der Waals surface area contributed by atoms with Crippen molar-refractivity contribution in [3.63, 3.8) is 0 Å². The van der Waals surface area contributed by atoms with Crippen molar-refractivity contribution in [1.29, 1.82) is 0 Å². The van der Waals surface area contributed by atoms with Crippen LogP contribution in [0.3, 0.4) is 0 Å². The lowest BCUT2D eigenvalue weighted by atomic mass is 10.3. The molecule has 0 bridgehead atoms. The first-order chi connectivity index (χ1) is 8.90. The summed E-state index contributed by atoms with van der Waals surface area (Å²) in [5.74, 6) is -0.455. The molecular formula is C11H11ClFNO3S2. The van der Waals surface area contributed by atoms with Gasteiger partial charge in [-0.25, -0.2) is 12.8 Å². The molecule has 0 saturated carbocycles. The lowest BCUT2D eigenvalue weighted by Gasteiger charge is -2.04. The van der Waals surface area contributed by atoms with Gasteiger partial charge in [0.25, 0.3) is 5.01 Å². The monoisotopic (exact) mass is 323 g/mol. The Morgan fingerprint density at radius 2 is 2.16 bits per heavy atom. The maximum Gasteiger partial charge on any atom is 0.269 e. The summed E-state index contributed by atoms with van der Waals surface area (Å²) in [5, 5.41) is 1.02. The highest BCUT2D eigenvalue weighted by Crippen LogP contribution is 2.24. The number of aryl methyl sites for hydroxylation is 1. The molecule has 4 nitrogen and oxygen atoms in total. The average molecular weight is 324 g/mol. The quantitative estimate of drug-likeness (QED) is 0.626. The highest BCUT2D eigenvalue weighted by atomic mass is 35.5. The van der Waals surface area contributed by atoms with Gasteiger partial charge in [0.2, 0.25) is 5.52 Å². The van der Waals surface area contributed by atoms with Gasteiger partial charge < -0.3 is 4.55 Å². The zero-order valence-electron chi connectivity index (χ0n) is 9.80. The lowest BCUT2D eigenvalue weighted by molar-refractivity contribution is -0.675. The predicted octanol–water partition coefficient (Wildman–Crippen LogP) is 2.25. The van der Waals surface area contributed by atoms with Crippen molar-refractivity contribution in [2.75, 3.05) is 5.75 Å². The summed E-state index contributed by atoms with van der Waals surface area (Å²) in [4.78, 5) is 0. The summed E-state index contributed by atoms with van der Waals surface area (Å²) >= 11 is 7.19. The molecule has 104 valence electrons. The molecule has 1 heterocycles. The molecule has 0 aliphatic heterocycles. The minimum Gasteiger partial charge on any atom is -0.748 e. The third kappa shape index (κ3) is 3.62. The highest BCUT2D eigenvalue weighted by molar-refractivity contribution is 7.85.